The first-order chi connectivity index (χ1) is 17.4. The molecule has 190 valence electrons. The van der Waals surface area contributed by atoms with Gasteiger partial charge in [-0.25, -0.2) is 0 Å². The van der Waals surface area contributed by atoms with Crippen LogP contribution in [0.4, 0.5) is 0 Å². The third-order valence-electron chi connectivity index (χ3n) is 8.22. The molecule has 0 amide bonds. The number of nitrogens with zero attached hydrogens (tertiary/aromatic N) is 2. The maximum Gasteiger partial charge on any atom is 0.308 e. The predicted molar refractivity (Wildman–Crippen MR) is 141 cm³/mol. The van der Waals surface area contributed by atoms with E-state index in [9.17, 15) is 15.0 Å². The van der Waals surface area contributed by atoms with Crippen LogP contribution in [0, 0.1) is 11.8 Å². The van der Waals surface area contributed by atoms with Gasteiger partial charge in [0.05, 0.1) is 29.7 Å². The SMILES string of the molecule is COc1ccc2ncc(Cl)c(C(O)CC[C@@H]3CCN(C4CC(c5ccccc5)C4)C[C@@H]3C(=O)O)c2c1. The van der Waals surface area contributed by atoms with Gasteiger partial charge in [-0.3, -0.25) is 14.7 Å². The van der Waals surface area contributed by atoms with Gasteiger partial charge in [-0.2, -0.15) is 0 Å². The van der Waals surface area contributed by atoms with Crippen molar-refractivity contribution in [1.82, 2.24) is 9.88 Å². The van der Waals surface area contributed by atoms with Crippen LogP contribution >= 0.6 is 11.6 Å². The Morgan fingerprint density at radius 2 is 2.00 bits per heavy atom. The number of carboxylic acids is 1. The van der Waals surface area contributed by atoms with Crippen molar-refractivity contribution < 1.29 is 19.7 Å². The fourth-order valence-corrected chi connectivity index (χ4v) is 6.29. The summed E-state index contributed by atoms with van der Waals surface area (Å²) in [6.45, 7) is 1.49. The minimum atomic E-state index is -0.805. The zero-order valence-corrected chi connectivity index (χ0v) is 21.3. The molecule has 1 aliphatic carbocycles. The van der Waals surface area contributed by atoms with E-state index >= 15 is 0 Å². The van der Waals surface area contributed by atoms with Gasteiger partial charge in [0.2, 0.25) is 0 Å². The first-order valence-electron chi connectivity index (χ1n) is 12.8. The van der Waals surface area contributed by atoms with Crippen LogP contribution in [0.1, 0.15) is 55.3 Å². The Kier molecular flexibility index (Phi) is 7.47. The van der Waals surface area contributed by atoms with E-state index in [1.807, 2.05) is 24.3 Å². The van der Waals surface area contributed by atoms with Crippen molar-refractivity contribution in [2.75, 3.05) is 20.2 Å². The number of likely N-dealkylation sites (tertiary alicyclic amines) is 1. The van der Waals surface area contributed by atoms with Crippen LogP contribution in [0.3, 0.4) is 0 Å². The molecule has 2 aliphatic rings. The highest BCUT2D eigenvalue weighted by Gasteiger charge is 2.41. The monoisotopic (exact) mass is 508 g/mol. The maximum atomic E-state index is 12.2. The largest absolute Gasteiger partial charge is 0.497 e. The van der Waals surface area contributed by atoms with Gasteiger partial charge in [0.25, 0.3) is 0 Å². The van der Waals surface area contributed by atoms with Crippen LogP contribution in [-0.4, -0.2) is 52.3 Å². The second-order valence-corrected chi connectivity index (χ2v) is 10.6. The van der Waals surface area contributed by atoms with E-state index in [0.29, 0.717) is 47.7 Å². The molecule has 1 unspecified atom stereocenters. The van der Waals surface area contributed by atoms with E-state index in [4.69, 9.17) is 16.3 Å². The van der Waals surface area contributed by atoms with Gasteiger partial charge in [0.15, 0.2) is 0 Å². The average Bonchev–Trinajstić information content (AvgIpc) is 2.86. The van der Waals surface area contributed by atoms with Crippen LogP contribution < -0.4 is 4.74 Å². The zero-order chi connectivity index (χ0) is 25.2. The molecule has 7 heteroatoms. The summed E-state index contributed by atoms with van der Waals surface area (Å²) in [7, 11) is 1.60. The Morgan fingerprint density at radius 3 is 2.72 bits per heavy atom. The zero-order valence-electron chi connectivity index (χ0n) is 20.5. The summed E-state index contributed by atoms with van der Waals surface area (Å²) in [5.41, 5.74) is 2.75. The fourth-order valence-electron chi connectivity index (χ4n) is 6.02. The summed E-state index contributed by atoms with van der Waals surface area (Å²) in [4.78, 5) is 19.0. The first-order valence-corrected chi connectivity index (χ1v) is 13.1. The number of carbonyl (C=O) groups is 1. The highest BCUT2D eigenvalue weighted by atomic mass is 35.5. The molecular weight excluding hydrogens is 476 g/mol. The highest BCUT2D eigenvalue weighted by molar-refractivity contribution is 6.32. The average molecular weight is 509 g/mol. The Bertz CT molecular complexity index is 1210. The minimum absolute atomic E-state index is 0.0276. The number of aromatic nitrogens is 1. The number of rotatable bonds is 8. The van der Waals surface area contributed by atoms with Gasteiger partial charge in [-0.05, 0) is 74.2 Å². The molecule has 5 rings (SSSR count). The fraction of sp³-hybridized carbons (Fsp3) is 0.448. The number of aliphatic carboxylic acids is 1. The van der Waals surface area contributed by atoms with Gasteiger partial charge in [0.1, 0.15) is 5.75 Å². The van der Waals surface area contributed by atoms with Crippen molar-refractivity contribution in [1.29, 1.82) is 0 Å². The van der Waals surface area contributed by atoms with Crippen molar-refractivity contribution in [3.63, 3.8) is 0 Å². The molecule has 2 fully saturated rings. The number of benzene rings is 2. The van der Waals surface area contributed by atoms with Crippen molar-refractivity contribution in [3.05, 3.63) is 70.9 Å². The first kappa shape index (κ1) is 25.0. The van der Waals surface area contributed by atoms with Crippen molar-refractivity contribution in [3.8, 4) is 5.75 Å². The lowest BCUT2D eigenvalue weighted by atomic mass is 9.73. The Hall–Kier alpha value is -2.67. The van der Waals surface area contributed by atoms with Gasteiger partial charge >= 0.3 is 5.97 Å². The topological polar surface area (TPSA) is 82.9 Å². The Balaban J connectivity index is 1.22. The molecule has 0 bridgehead atoms. The van der Waals surface area contributed by atoms with E-state index in [0.717, 1.165) is 36.7 Å². The summed E-state index contributed by atoms with van der Waals surface area (Å²) < 4.78 is 5.35. The summed E-state index contributed by atoms with van der Waals surface area (Å²) in [6, 6.07) is 16.6. The van der Waals surface area contributed by atoms with Gasteiger partial charge in [-0.1, -0.05) is 41.9 Å². The van der Waals surface area contributed by atoms with Gasteiger partial charge in [-0.15, -0.1) is 0 Å². The Morgan fingerprint density at radius 1 is 1.22 bits per heavy atom. The smallest absolute Gasteiger partial charge is 0.308 e. The molecule has 1 saturated carbocycles. The predicted octanol–water partition coefficient (Wildman–Crippen LogP) is 5.68. The van der Waals surface area contributed by atoms with Gasteiger partial charge in [0, 0.05) is 29.7 Å². The lowest BCUT2D eigenvalue weighted by Crippen LogP contribution is -2.52. The van der Waals surface area contributed by atoms with E-state index in [1.165, 1.54) is 5.56 Å². The summed E-state index contributed by atoms with van der Waals surface area (Å²) in [5, 5.41) is 22.3. The number of aliphatic hydroxyl groups excluding tert-OH is 1. The van der Waals surface area contributed by atoms with E-state index in [1.54, 1.807) is 13.3 Å². The number of ether oxygens (including phenoxy) is 1. The van der Waals surface area contributed by atoms with Crippen molar-refractivity contribution >= 4 is 28.5 Å². The second kappa shape index (κ2) is 10.8. The maximum absolute atomic E-state index is 12.2. The molecule has 1 saturated heterocycles. The number of hydrogen-bond acceptors (Lipinski definition) is 5. The molecule has 1 aliphatic heterocycles. The molecule has 0 spiro atoms. The number of halogens is 1. The van der Waals surface area contributed by atoms with E-state index in [-0.39, 0.29) is 5.92 Å². The third kappa shape index (κ3) is 5.08. The number of piperidine rings is 1. The van der Waals surface area contributed by atoms with Crippen LogP contribution in [-0.2, 0) is 4.79 Å². The van der Waals surface area contributed by atoms with Gasteiger partial charge < -0.3 is 14.9 Å². The molecular formula is C29H33ClN2O4. The second-order valence-electron chi connectivity index (χ2n) is 10.2. The summed E-state index contributed by atoms with van der Waals surface area (Å²) in [5.74, 6) is 0.108. The van der Waals surface area contributed by atoms with Crippen LogP contribution in [0.25, 0.3) is 10.9 Å². The van der Waals surface area contributed by atoms with Crippen LogP contribution in [0.2, 0.25) is 5.02 Å². The molecule has 3 aromatic rings. The lowest BCUT2D eigenvalue weighted by molar-refractivity contribution is -0.147. The van der Waals surface area contributed by atoms with Crippen molar-refractivity contribution in [2.24, 2.45) is 11.8 Å². The van der Waals surface area contributed by atoms with E-state index < -0.39 is 18.0 Å². The molecule has 6 nitrogen and oxygen atoms in total. The summed E-state index contributed by atoms with van der Waals surface area (Å²) in [6.07, 6.45) is 4.86. The molecule has 0 radical (unpaired) electrons. The Labute approximate surface area is 216 Å². The number of fused-ring (bicyclic) bond motifs is 1. The quantitative estimate of drug-likeness (QED) is 0.407. The molecule has 3 atom stereocenters. The number of carboxylic acid groups (broad SMARTS) is 1. The number of methoxy groups -OCH3 is 1. The lowest BCUT2D eigenvalue weighted by Gasteiger charge is -2.47. The van der Waals surface area contributed by atoms with Crippen molar-refractivity contribution in [2.45, 2.75) is 50.2 Å². The summed E-state index contributed by atoms with van der Waals surface area (Å²) >= 11 is 6.46. The third-order valence-corrected chi connectivity index (χ3v) is 8.52. The molecule has 1 aromatic heterocycles. The molecule has 2 N–H and O–H groups in total. The molecule has 2 heterocycles. The van der Waals surface area contributed by atoms with Crippen LogP contribution in [0.15, 0.2) is 54.7 Å². The number of aliphatic hydroxyl groups is 1. The van der Waals surface area contributed by atoms with Crippen LogP contribution in [0.5, 0.6) is 5.75 Å². The highest BCUT2D eigenvalue weighted by Crippen LogP contribution is 2.43. The number of pyridine rings is 1. The normalized spacial score (nSPS) is 25.3. The standard InChI is InChI=1S/C29H33ClN2O4/c1-36-22-8-9-26-23(15-22)28(25(30)16-31-26)27(33)10-7-19-11-12-32(17-24(19)29(34)35)21-13-20(14-21)18-5-3-2-4-6-18/h2-6,8-9,15-16,19-21,24,27,33H,7,10-14,17H2,1H3,(H,34,35)/t19-,20?,21?,24+,27?/m1/s1. The molecule has 36 heavy (non-hydrogen) atoms. The minimum Gasteiger partial charge on any atom is -0.497 e. The molecule has 2 aromatic carbocycles. The number of hydrogen-bond donors (Lipinski definition) is 2. The van der Waals surface area contributed by atoms with E-state index in [2.05, 4.69) is 34.1 Å².